The average Bonchev–Trinajstić information content (AvgIpc) is 3.02. The van der Waals surface area contributed by atoms with Crippen molar-refractivity contribution in [3.05, 3.63) is 59.4 Å². The van der Waals surface area contributed by atoms with Crippen molar-refractivity contribution in [2.24, 2.45) is 0 Å². The summed E-state index contributed by atoms with van der Waals surface area (Å²) < 4.78 is 10.9. The molecular weight excluding hydrogens is 306 g/mol. The van der Waals surface area contributed by atoms with Crippen LogP contribution in [0.3, 0.4) is 0 Å². The highest BCUT2D eigenvalue weighted by molar-refractivity contribution is 5.97. The summed E-state index contributed by atoms with van der Waals surface area (Å²) in [5, 5.41) is 4.65. The molecule has 2 aromatic heterocycles. The molecule has 122 valence electrons. The summed E-state index contributed by atoms with van der Waals surface area (Å²) >= 11 is 0. The Labute approximate surface area is 139 Å². The molecule has 1 aliphatic heterocycles. The van der Waals surface area contributed by atoms with Crippen LogP contribution in [-0.4, -0.2) is 40.6 Å². The lowest BCUT2D eigenvalue weighted by molar-refractivity contribution is -0.0228. The molecule has 6 heteroatoms. The van der Waals surface area contributed by atoms with Crippen molar-refractivity contribution < 1.29 is 14.1 Å². The number of pyridine rings is 1. The van der Waals surface area contributed by atoms with Gasteiger partial charge in [-0.05, 0) is 18.6 Å². The molecule has 1 aromatic carbocycles. The number of benzene rings is 1. The SMILES string of the molecule is Cc1noc2ncc(C(=O)N3CCOC(c4ccccc4)C3)cc12. The van der Waals surface area contributed by atoms with E-state index in [-0.39, 0.29) is 12.0 Å². The first-order chi connectivity index (χ1) is 11.7. The Morgan fingerprint density at radius 2 is 2.12 bits per heavy atom. The lowest BCUT2D eigenvalue weighted by Gasteiger charge is -2.33. The molecule has 0 spiro atoms. The molecule has 1 unspecified atom stereocenters. The van der Waals surface area contributed by atoms with Gasteiger partial charge < -0.3 is 14.2 Å². The summed E-state index contributed by atoms with van der Waals surface area (Å²) in [6.45, 7) is 3.46. The molecule has 0 bridgehead atoms. The van der Waals surface area contributed by atoms with Crippen molar-refractivity contribution in [3.63, 3.8) is 0 Å². The number of carbonyl (C=O) groups is 1. The Kier molecular flexibility index (Phi) is 3.74. The predicted octanol–water partition coefficient (Wildman–Crippen LogP) is 2.74. The Bertz CT molecular complexity index is 876. The summed E-state index contributed by atoms with van der Waals surface area (Å²) in [5.41, 5.74) is 2.81. The molecule has 3 heterocycles. The Hall–Kier alpha value is -2.73. The zero-order chi connectivity index (χ0) is 16.5. The van der Waals surface area contributed by atoms with Crippen LogP contribution in [0.1, 0.15) is 27.7 Å². The number of nitrogens with zero attached hydrogens (tertiary/aromatic N) is 3. The molecule has 3 aromatic rings. The van der Waals surface area contributed by atoms with Crippen LogP contribution in [-0.2, 0) is 4.74 Å². The molecule has 1 fully saturated rings. The van der Waals surface area contributed by atoms with Gasteiger partial charge in [-0.25, -0.2) is 4.98 Å². The van der Waals surface area contributed by atoms with Gasteiger partial charge in [0.2, 0.25) is 0 Å². The number of morpholine rings is 1. The summed E-state index contributed by atoms with van der Waals surface area (Å²) in [6.07, 6.45) is 1.44. The molecular formula is C18H17N3O3. The molecule has 0 radical (unpaired) electrons. The van der Waals surface area contributed by atoms with E-state index in [1.807, 2.05) is 42.2 Å². The lowest BCUT2D eigenvalue weighted by Crippen LogP contribution is -2.42. The average molecular weight is 323 g/mol. The number of ether oxygens (including phenoxy) is 1. The third-order valence-electron chi connectivity index (χ3n) is 4.28. The van der Waals surface area contributed by atoms with Gasteiger partial charge in [-0.3, -0.25) is 4.79 Å². The number of hydrogen-bond acceptors (Lipinski definition) is 5. The minimum Gasteiger partial charge on any atom is -0.370 e. The fourth-order valence-electron chi connectivity index (χ4n) is 2.95. The molecule has 1 amide bonds. The second-order valence-corrected chi connectivity index (χ2v) is 5.87. The molecule has 24 heavy (non-hydrogen) atoms. The lowest BCUT2D eigenvalue weighted by atomic mass is 10.1. The van der Waals surface area contributed by atoms with Crippen LogP contribution in [0.5, 0.6) is 0 Å². The molecule has 0 saturated carbocycles. The zero-order valence-electron chi connectivity index (χ0n) is 13.3. The Morgan fingerprint density at radius 1 is 1.29 bits per heavy atom. The molecule has 1 atom stereocenters. The molecule has 0 N–H and O–H groups in total. The number of carbonyl (C=O) groups excluding carboxylic acids is 1. The van der Waals surface area contributed by atoms with E-state index in [9.17, 15) is 4.79 Å². The number of amides is 1. The van der Waals surface area contributed by atoms with Gasteiger partial charge >= 0.3 is 0 Å². The third-order valence-corrected chi connectivity index (χ3v) is 4.28. The van der Waals surface area contributed by atoms with Crippen molar-refractivity contribution in [1.82, 2.24) is 15.0 Å². The third kappa shape index (κ3) is 2.65. The maximum atomic E-state index is 12.8. The van der Waals surface area contributed by atoms with Crippen LogP contribution >= 0.6 is 0 Å². The fourth-order valence-corrected chi connectivity index (χ4v) is 2.95. The second-order valence-electron chi connectivity index (χ2n) is 5.87. The molecule has 6 nitrogen and oxygen atoms in total. The van der Waals surface area contributed by atoms with Crippen molar-refractivity contribution in [2.45, 2.75) is 13.0 Å². The summed E-state index contributed by atoms with van der Waals surface area (Å²) in [6, 6.07) is 11.8. The number of aryl methyl sites for hydroxylation is 1. The van der Waals surface area contributed by atoms with E-state index in [0.29, 0.717) is 31.0 Å². The Morgan fingerprint density at radius 3 is 2.96 bits per heavy atom. The topological polar surface area (TPSA) is 68.5 Å². The summed E-state index contributed by atoms with van der Waals surface area (Å²) in [7, 11) is 0. The normalized spacial score (nSPS) is 18.0. The first kappa shape index (κ1) is 14.8. The highest BCUT2D eigenvalue weighted by Gasteiger charge is 2.26. The molecule has 0 aliphatic carbocycles. The molecule has 1 saturated heterocycles. The van der Waals surface area contributed by atoms with Crippen molar-refractivity contribution in [2.75, 3.05) is 19.7 Å². The number of rotatable bonds is 2. The number of hydrogen-bond donors (Lipinski definition) is 0. The molecule has 4 rings (SSSR count). The summed E-state index contributed by atoms with van der Waals surface area (Å²) in [4.78, 5) is 18.8. The maximum Gasteiger partial charge on any atom is 0.257 e. The van der Waals surface area contributed by atoms with Crippen LogP contribution in [0.4, 0.5) is 0 Å². The first-order valence-electron chi connectivity index (χ1n) is 7.90. The van der Waals surface area contributed by atoms with Crippen LogP contribution < -0.4 is 0 Å². The van der Waals surface area contributed by atoms with Gasteiger partial charge in [0.1, 0.15) is 6.10 Å². The van der Waals surface area contributed by atoms with E-state index in [1.165, 1.54) is 0 Å². The van der Waals surface area contributed by atoms with E-state index in [4.69, 9.17) is 9.26 Å². The monoisotopic (exact) mass is 323 g/mol. The van der Waals surface area contributed by atoms with Gasteiger partial charge in [0.25, 0.3) is 11.6 Å². The standard InChI is InChI=1S/C18H17N3O3/c1-12-15-9-14(10-19-17(15)24-20-12)18(22)21-7-8-23-16(11-21)13-5-3-2-4-6-13/h2-6,9-10,16H,7-8,11H2,1H3. The van der Waals surface area contributed by atoms with Crippen LogP contribution in [0.25, 0.3) is 11.1 Å². The number of aromatic nitrogens is 2. The predicted molar refractivity (Wildman–Crippen MR) is 87.6 cm³/mol. The van der Waals surface area contributed by atoms with Crippen molar-refractivity contribution >= 4 is 17.0 Å². The quantitative estimate of drug-likeness (QED) is 0.725. The van der Waals surface area contributed by atoms with Crippen LogP contribution in [0.15, 0.2) is 47.1 Å². The minimum absolute atomic E-state index is 0.0470. The van der Waals surface area contributed by atoms with Crippen molar-refractivity contribution in [1.29, 1.82) is 0 Å². The fraction of sp³-hybridized carbons (Fsp3) is 0.278. The number of fused-ring (bicyclic) bond motifs is 1. The Balaban J connectivity index is 1.57. The van der Waals surface area contributed by atoms with E-state index in [0.717, 1.165) is 16.6 Å². The maximum absolute atomic E-state index is 12.8. The zero-order valence-corrected chi connectivity index (χ0v) is 13.3. The summed E-state index contributed by atoms with van der Waals surface area (Å²) in [5.74, 6) is -0.0470. The van der Waals surface area contributed by atoms with E-state index in [1.54, 1.807) is 12.3 Å². The highest BCUT2D eigenvalue weighted by Crippen LogP contribution is 2.24. The first-order valence-corrected chi connectivity index (χ1v) is 7.90. The van der Waals surface area contributed by atoms with Gasteiger partial charge in [-0.2, -0.15) is 0 Å². The van der Waals surface area contributed by atoms with E-state index in [2.05, 4.69) is 10.1 Å². The molecule has 1 aliphatic rings. The van der Waals surface area contributed by atoms with Crippen LogP contribution in [0, 0.1) is 6.92 Å². The van der Waals surface area contributed by atoms with Gasteiger partial charge in [-0.1, -0.05) is 35.5 Å². The van der Waals surface area contributed by atoms with E-state index < -0.39 is 0 Å². The van der Waals surface area contributed by atoms with Gasteiger partial charge in [0, 0.05) is 12.7 Å². The van der Waals surface area contributed by atoms with Crippen molar-refractivity contribution in [3.8, 4) is 0 Å². The van der Waals surface area contributed by atoms with E-state index >= 15 is 0 Å². The van der Waals surface area contributed by atoms with Gasteiger partial charge in [-0.15, -0.1) is 0 Å². The van der Waals surface area contributed by atoms with Gasteiger partial charge in [0.15, 0.2) is 0 Å². The minimum atomic E-state index is -0.0991. The van der Waals surface area contributed by atoms with Gasteiger partial charge in [0.05, 0.1) is 29.8 Å². The van der Waals surface area contributed by atoms with Crippen LogP contribution in [0.2, 0.25) is 0 Å². The largest absolute Gasteiger partial charge is 0.370 e. The second kappa shape index (κ2) is 6.05. The highest BCUT2D eigenvalue weighted by atomic mass is 16.5. The smallest absolute Gasteiger partial charge is 0.257 e.